The van der Waals surface area contributed by atoms with Crippen molar-refractivity contribution in [1.82, 2.24) is 25.5 Å². The van der Waals surface area contributed by atoms with E-state index in [9.17, 15) is 9.18 Å². The highest BCUT2D eigenvalue weighted by atomic mass is 19.1. The fourth-order valence-corrected chi connectivity index (χ4v) is 2.96. The third kappa shape index (κ3) is 3.82. The van der Waals surface area contributed by atoms with E-state index in [0.29, 0.717) is 6.54 Å². The largest absolute Gasteiger partial charge is 0.369 e. The Balaban J connectivity index is 1.60. The number of anilines is 1. The van der Waals surface area contributed by atoms with E-state index >= 15 is 0 Å². The number of hydrogen-bond donors (Lipinski definition) is 1. The van der Waals surface area contributed by atoms with E-state index in [0.717, 1.165) is 30.6 Å². The number of tetrazole rings is 1. The van der Waals surface area contributed by atoms with Gasteiger partial charge in [0.05, 0.1) is 0 Å². The first kappa shape index (κ1) is 15.4. The molecule has 2 aromatic rings. The van der Waals surface area contributed by atoms with E-state index in [2.05, 4.69) is 25.7 Å². The summed E-state index contributed by atoms with van der Waals surface area (Å²) in [5, 5.41) is 13.7. The molecule has 1 aliphatic rings. The second kappa shape index (κ2) is 6.72. The number of halogens is 1. The van der Waals surface area contributed by atoms with Gasteiger partial charge in [0.15, 0.2) is 0 Å². The smallest absolute Gasteiger partial charge is 0.242 e. The molecule has 1 fully saturated rings. The lowest BCUT2D eigenvalue weighted by Gasteiger charge is -2.35. The maximum absolute atomic E-state index is 13.2. The lowest BCUT2D eigenvalue weighted by molar-refractivity contribution is -0.122. The van der Waals surface area contributed by atoms with E-state index < -0.39 is 0 Å². The van der Waals surface area contributed by atoms with Crippen LogP contribution in [-0.4, -0.2) is 45.2 Å². The number of rotatable bonds is 4. The summed E-state index contributed by atoms with van der Waals surface area (Å²) in [4.78, 5) is 14.2. The summed E-state index contributed by atoms with van der Waals surface area (Å²) < 4.78 is 14.6. The van der Waals surface area contributed by atoms with Gasteiger partial charge in [0, 0.05) is 24.8 Å². The summed E-state index contributed by atoms with van der Waals surface area (Å²) >= 11 is 0. The van der Waals surface area contributed by atoms with E-state index in [1.54, 1.807) is 6.07 Å². The normalized spacial score (nSPS) is 18.0. The van der Waals surface area contributed by atoms with Crippen molar-refractivity contribution in [1.29, 1.82) is 0 Å². The highest BCUT2D eigenvalue weighted by Gasteiger charge is 2.22. The predicted octanol–water partition coefficient (Wildman–Crippen LogP) is 0.906. The van der Waals surface area contributed by atoms with E-state index in [1.807, 2.05) is 6.92 Å². The molecule has 1 saturated heterocycles. The van der Waals surface area contributed by atoms with Crippen molar-refractivity contribution in [2.75, 3.05) is 18.0 Å². The molecule has 0 bridgehead atoms. The molecule has 1 atom stereocenters. The van der Waals surface area contributed by atoms with Crippen molar-refractivity contribution < 1.29 is 9.18 Å². The molecule has 23 heavy (non-hydrogen) atoms. The van der Waals surface area contributed by atoms with Gasteiger partial charge in [0.25, 0.3) is 0 Å². The first-order valence-electron chi connectivity index (χ1n) is 7.63. The van der Waals surface area contributed by atoms with Gasteiger partial charge in [-0.2, -0.15) is 0 Å². The van der Waals surface area contributed by atoms with Crippen LogP contribution in [0.25, 0.3) is 0 Å². The Bertz CT molecular complexity index is 675. The summed E-state index contributed by atoms with van der Waals surface area (Å²) in [6, 6.07) is 4.88. The van der Waals surface area contributed by atoms with Gasteiger partial charge in [0.1, 0.15) is 18.7 Å². The zero-order chi connectivity index (χ0) is 16.2. The maximum atomic E-state index is 13.2. The minimum absolute atomic E-state index is 0.0668. The van der Waals surface area contributed by atoms with Gasteiger partial charge in [-0.05, 0) is 54.0 Å². The first-order valence-corrected chi connectivity index (χ1v) is 7.63. The van der Waals surface area contributed by atoms with E-state index in [-0.39, 0.29) is 24.3 Å². The Morgan fingerprint density at radius 3 is 3.09 bits per heavy atom. The number of aromatic nitrogens is 4. The molecule has 1 amide bonds. The van der Waals surface area contributed by atoms with Crippen LogP contribution in [0.5, 0.6) is 0 Å². The molecular weight excluding hydrogens is 299 g/mol. The Morgan fingerprint density at radius 1 is 1.48 bits per heavy atom. The highest BCUT2D eigenvalue weighted by molar-refractivity contribution is 5.76. The third-order valence-corrected chi connectivity index (χ3v) is 3.98. The predicted molar refractivity (Wildman–Crippen MR) is 82.3 cm³/mol. The van der Waals surface area contributed by atoms with Crippen LogP contribution in [0.1, 0.15) is 18.4 Å². The SMILES string of the molecule is Cc1cc(F)ccc1N1CCC[C@@H](NC(=O)Cn2cnnn2)C1. The van der Waals surface area contributed by atoms with Gasteiger partial charge >= 0.3 is 0 Å². The van der Waals surface area contributed by atoms with Crippen molar-refractivity contribution in [2.45, 2.75) is 32.4 Å². The standard InChI is InChI=1S/C15H19FN6O/c1-11-7-12(16)4-5-14(11)21-6-2-3-13(8-21)18-15(23)9-22-10-17-19-20-22/h4-5,7,10,13H,2-3,6,8-9H2,1H3,(H,18,23)/t13-/m1/s1. The number of nitrogens with zero attached hydrogens (tertiary/aromatic N) is 5. The Kier molecular flexibility index (Phi) is 4.50. The highest BCUT2D eigenvalue weighted by Crippen LogP contribution is 2.24. The van der Waals surface area contributed by atoms with Crippen LogP contribution in [-0.2, 0) is 11.3 Å². The molecule has 1 aliphatic heterocycles. The summed E-state index contributed by atoms with van der Waals surface area (Å²) in [6.45, 7) is 3.64. The van der Waals surface area contributed by atoms with Crippen LogP contribution in [0, 0.1) is 12.7 Å². The zero-order valence-electron chi connectivity index (χ0n) is 12.9. The molecule has 0 unspecified atom stereocenters. The number of benzene rings is 1. The van der Waals surface area contributed by atoms with Crippen LogP contribution < -0.4 is 10.2 Å². The van der Waals surface area contributed by atoms with Gasteiger partial charge in [0.2, 0.25) is 5.91 Å². The van der Waals surface area contributed by atoms with Crippen molar-refractivity contribution in [2.24, 2.45) is 0 Å². The van der Waals surface area contributed by atoms with Gasteiger partial charge < -0.3 is 10.2 Å². The summed E-state index contributed by atoms with van der Waals surface area (Å²) in [5.41, 5.74) is 1.93. The van der Waals surface area contributed by atoms with Crippen LogP contribution in [0.15, 0.2) is 24.5 Å². The topological polar surface area (TPSA) is 75.9 Å². The lowest BCUT2D eigenvalue weighted by Crippen LogP contribution is -2.48. The number of amides is 1. The first-order chi connectivity index (χ1) is 11.1. The van der Waals surface area contributed by atoms with E-state index in [1.165, 1.54) is 23.1 Å². The average molecular weight is 318 g/mol. The van der Waals surface area contributed by atoms with Gasteiger partial charge in [-0.15, -0.1) is 5.10 Å². The minimum Gasteiger partial charge on any atom is -0.369 e. The average Bonchev–Trinajstić information content (AvgIpc) is 3.00. The molecule has 0 radical (unpaired) electrons. The third-order valence-electron chi connectivity index (χ3n) is 3.98. The molecule has 0 spiro atoms. The molecule has 122 valence electrons. The number of carbonyl (C=O) groups excluding carboxylic acids is 1. The maximum Gasteiger partial charge on any atom is 0.242 e. The molecule has 8 heteroatoms. The Hall–Kier alpha value is -2.51. The molecule has 2 heterocycles. The monoisotopic (exact) mass is 318 g/mol. The van der Waals surface area contributed by atoms with Crippen molar-refractivity contribution in [3.8, 4) is 0 Å². The zero-order valence-corrected chi connectivity index (χ0v) is 12.9. The number of piperidine rings is 1. The van der Waals surface area contributed by atoms with Crippen LogP contribution in [0.3, 0.4) is 0 Å². The van der Waals surface area contributed by atoms with Crippen LogP contribution in [0.4, 0.5) is 10.1 Å². The fourth-order valence-electron chi connectivity index (χ4n) is 2.96. The number of carbonyl (C=O) groups is 1. The minimum atomic E-state index is -0.227. The van der Waals surface area contributed by atoms with Crippen molar-refractivity contribution in [3.63, 3.8) is 0 Å². The van der Waals surface area contributed by atoms with Crippen molar-refractivity contribution in [3.05, 3.63) is 35.9 Å². The van der Waals surface area contributed by atoms with Crippen molar-refractivity contribution >= 4 is 11.6 Å². The van der Waals surface area contributed by atoms with Gasteiger partial charge in [-0.1, -0.05) is 0 Å². The fraction of sp³-hybridized carbons (Fsp3) is 0.467. The number of nitrogens with one attached hydrogen (secondary N) is 1. The molecule has 1 N–H and O–H groups in total. The van der Waals surface area contributed by atoms with Gasteiger partial charge in [-0.3, -0.25) is 4.79 Å². The Labute approximate surface area is 133 Å². The van der Waals surface area contributed by atoms with Crippen LogP contribution in [0.2, 0.25) is 0 Å². The summed E-state index contributed by atoms with van der Waals surface area (Å²) in [6.07, 6.45) is 3.32. The summed E-state index contributed by atoms with van der Waals surface area (Å²) in [7, 11) is 0. The quantitative estimate of drug-likeness (QED) is 0.907. The number of hydrogen-bond acceptors (Lipinski definition) is 5. The molecule has 7 nitrogen and oxygen atoms in total. The molecule has 0 saturated carbocycles. The van der Waals surface area contributed by atoms with Gasteiger partial charge in [-0.25, -0.2) is 9.07 Å². The second-order valence-corrected chi connectivity index (χ2v) is 5.79. The molecular formula is C15H19FN6O. The lowest BCUT2D eigenvalue weighted by atomic mass is 10.0. The molecule has 0 aliphatic carbocycles. The Morgan fingerprint density at radius 2 is 2.35 bits per heavy atom. The van der Waals surface area contributed by atoms with Crippen LogP contribution >= 0.6 is 0 Å². The summed E-state index contributed by atoms with van der Waals surface area (Å²) in [5.74, 6) is -0.338. The molecule has 1 aromatic heterocycles. The second-order valence-electron chi connectivity index (χ2n) is 5.79. The molecule has 1 aromatic carbocycles. The number of aryl methyl sites for hydroxylation is 1. The van der Waals surface area contributed by atoms with E-state index in [4.69, 9.17) is 0 Å². The molecule has 3 rings (SSSR count).